The number of fused-ring (bicyclic) bond motifs is 1. The van der Waals surface area contributed by atoms with E-state index in [1.165, 1.54) is 12.1 Å². The van der Waals surface area contributed by atoms with Crippen molar-refractivity contribution in [3.63, 3.8) is 0 Å². The molecule has 9 heteroatoms. The van der Waals surface area contributed by atoms with Crippen molar-refractivity contribution in [1.82, 2.24) is 4.90 Å². The van der Waals surface area contributed by atoms with Crippen LogP contribution in [0.15, 0.2) is 65.8 Å². The third kappa shape index (κ3) is 5.55. The minimum atomic E-state index is -4.85. The number of hydrogen-bond acceptors (Lipinski definition) is 4. The van der Waals surface area contributed by atoms with Gasteiger partial charge in [0.1, 0.15) is 5.75 Å². The first-order valence-electron chi connectivity index (χ1n) is 11.4. The summed E-state index contributed by atoms with van der Waals surface area (Å²) >= 11 is 0. The summed E-state index contributed by atoms with van der Waals surface area (Å²) in [5.74, 6) is -1.80. The Labute approximate surface area is 201 Å². The van der Waals surface area contributed by atoms with E-state index in [1.807, 2.05) is 19.9 Å². The molecule has 2 aromatic carbocycles. The Balaban J connectivity index is 1.73. The highest BCUT2D eigenvalue weighted by atomic mass is 19.4. The Hall–Kier alpha value is -3.62. The lowest BCUT2D eigenvalue weighted by Gasteiger charge is -2.45. The van der Waals surface area contributed by atoms with Crippen LogP contribution in [0.4, 0.5) is 18.9 Å². The molecular formula is C26H26F3N3O3. The predicted octanol–water partition coefficient (Wildman–Crippen LogP) is 5.39. The Morgan fingerprint density at radius 1 is 1.20 bits per heavy atom. The first-order valence-corrected chi connectivity index (χ1v) is 11.4. The zero-order chi connectivity index (χ0) is 25.2. The maximum Gasteiger partial charge on any atom is 0.573 e. The molecule has 2 heterocycles. The van der Waals surface area contributed by atoms with Crippen LogP contribution in [0.1, 0.15) is 42.1 Å². The van der Waals surface area contributed by atoms with Crippen molar-refractivity contribution in [2.75, 3.05) is 11.9 Å². The van der Waals surface area contributed by atoms with Gasteiger partial charge in [0.15, 0.2) is 0 Å². The van der Waals surface area contributed by atoms with Gasteiger partial charge in [-0.15, -0.1) is 13.2 Å². The van der Waals surface area contributed by atoms with Crippen LogP contribution in [0.2, 0.25) is 0 Å². The minimum Gasteiger partial charge on any atom is -0.406 e. The van der Waals surface area contributed by atoms with Crippen LogP contribution in [0.3, 0.4) is 0 Å². The molecule has 1 unspecified atom stereocenters. The van der Waals surface area contributed by atoms with Gasteiger partial charge in [0.2, 0.25) is 5.91 Å². The average molecular weight is 486 g/mol. The number of benzene rings is 2. The van der Waals surface area contributed by atoms with Gasteiger partial charge in [0.05, 0.1) is 12.0 Å². The summed E-state index contributed by atoms with van der Waals surface area (Å²) < 4.78 is 42.0. The summed E-state index contributed by atoms with van der Waals surface area (Å²) in [6.07, 6.45) is 1.11. The number of rotatable bonds is 6. The van der Waals surface area contributed by atoms with Crippen LogP contribution in [-0.4, -0.2) is 41.9 Å². The summed E-state index contributed by atoms with van der Waals surface area (Å²) in [6, 6.07) is 11.6. The highest BCUT2D eigenvalue weighted by Gasteiger charge is 2.46. The van der Waals surface area contributed by atoms with E-state index in [4.69, 9.17) is 0 Å². The fraction of sp³-hybridized carbons (Fsp3) is 0.346. The number of ether oxygens (including phenoxy) is 1. The predicted molar refractivity (Wildman–Crippen MR) is 126 cm³/mol. The van der Waals surface area contributed by atoms with Gasteiger partial charge in [0, 0.05) is 42.2 Å². The van der Waals surface area contributed by atoms with Crippen molar-refractivity contribution >= 4 is 23.7 Å². The molecule has 0 aromatic heterocycles. The molecule has 0 fully saturated rings. The molecule has 0 spiro atoms. The second-order valence-corrected chi connectivity index (χ2v) is 9.05. The zero-order valence-corrected chi connectivity index (χ0v) is 19.3. The Morgan fingerprint density at radius 3 is 2.66 bits per heavy atom. The average Bonchev–Trinajstić information content (AvgIpc) is 2.80. The first-order chi connectivity index (χ1) is 16.6. The van der Waals surface area contributed by atoms with E-state index in [2.05, 4.69) is 15.0 Å². The molecule has 184 valence electrons. The van der Waals surface area contributed by atoms with Gasteiger partial charge in [-0.3, -0.25) is 14.6 Å². The number of carbonyl (C=O) groups excluding carboxylic acids is 2. The number of carbonyl (C=O) groups is 2. The van der Waals surface area contributed by atoms with Crippen molar-refractivity contribution in [2.45, 2.75) is 38.6 Å². The van der Waals surface area contributed by atoms with Crippen LogP contribution in [0.25, 0.3) is 0 Å². The maximum absolute atomic E-state index is 13.7. The van der Waals surface area contributed by atoms with Crippen molar-refractivity contribution < 1.29 is 27.5 Å². The summed E-state index contributed by atoms with van der Waals surface area (Å²) in [5, 5.41) is 2.75. The van der Waals surface area contributed by atoms with Crippen molar-refractivity contribution in [2.24, 2.45) is 16.8 Å². The summed E-state index contributed by atoms with van der Waals surface area (Å²) in [4.78, 5) is 33.3. The van der Waals surface area contributed by atoms with E-state index >= 15 is 0 Å². The lowest BCUT2D eigenvalue weighted by Crippen LogP contribution is -2.55. The number of nitrogens with zero attached hydrogens (tertiary/aromatic N) is 2. The van der Waals surface area contributed by atoms with E-state index in [0.717, 1.165) is 12.1 Å². The monoisotopic (exact) mass is 485 g/mol. The normalized spacial score (nSPS) is 21.7. The van der Waals surface area contributed by atoms with Gasteiger partial charge in [0.25, 0.3) is 5.91 Å². The van der Waals surface area contributed by atoms with E-state index in [9.17, 15) is 22.8 Å². The maximum atomic E-state index is 13.7. The molecule has 0 saturated carbocycles. The SMILES string of the molecule is CC(C)CN1C(=O)c2ccccc2[C@@H](C(=O)Nc2cccc(OC(F)(F)F)c2)[C@@H]1C1C=NC=CC1. The van der Waals surface area contributed by atoms with E-state index < -0.39 is 30.0 Å². The fourth-order valence-corrected chi connectivity index (χ4v) is 4.71. The number of allylic oxidation sites excluding steroid dienone is 1. The van der Waals surface area contributed by atoms with Gasteiger partial charge in [-0.1, -0.05) is 44.2 Å². The van der Waals surface area contributed by atoms with E-state index in [0.29, 0.717) is 24.1 Å². The Kier molecular flexibility index (Phi) is 6.95. The molecule has 0 bridgehead atoms. The van der Waals surface area contributed by atoms with Crippen molar-refractivity contribution in [3.05, 3.63) is 71.9 Å². The highest BCUT2D eigenvalue weighted by Crippen LogP contribution is 2.39. The molecule has 1 N–H and O–H groups in total. The van der Waals surface area contributed by atoms with Gasteiger partial charge in [-0.25, -0.2) is 0 Å². The third-order valence-corrected chi connectivity index (χ3v) is 5.98. The summed E-state index contributed by atoms with van der Waals surface area (Å²) in [6.45, 7) is 4.45. The van der Waals surface area contributed by atoms with Gasteiger partial charge in [-0.2, -0.15) is 0 Å². The molecule has 0 radical (unpaired) electrons. The van der Waals surface area contributed by atoms with Crippen LogP contribution < -0.4 is 10.1 Å². The number of alkyl halides is 3. The van der Waals surface area contributed by atoms with Crippen LogP contribution in [-0.2, 0) is 4.79 Å². The molecule has 0 aliphatic carbocycles. The standard InChI is InChI=1S/C26H26F3N3O3/c1-16(2)15-32-23(17-7-6-12-30-14-17)22(20-10-3-4-11-21(20)25(32)34)24(33)31-18-8-5-9-19(13-18)35-26(27,28)29/h3-6,8-14,16-17,22-23H,7,15H2,1-2H3,(H,31,33)/t17?,22-,23+/m1/s1. The minimum absolute atomic E-state index is 0.146. The largest absolute Gasteiger partial charge is 0.573 e. The zero-order valence-electron chi connectivity index (χ0n) is 19.3. The molecule has 0 saturated heterocycles. The van der Waals surface area contributed by atoms with Gasteiger partial charge >= 0.3 is 6.36 Å². The number of hydrogen-bond donors (Lipinski definition) is 1. The molecule has 2 aliphatic rings. The van der Waals surface area contributed by atoms with Crippen LogP contribution in [0.5, 0.6) is 5.75 Å². The summed E-state index contributed by atoms with van der Waals surface area (Å²) in [5.41, 5.74) is 1.20. The molecule has 6 nitrogen and oxygen atoms in total. The number of aliphatic imine (C=N–C) groups is 1. The topological polar surface area (TPSA) is 71.0 Å². The molecule has 4 rings (SSSR count). The Morgan fingerprint density at radius 2 is 1.97 bits per heavy atom. The van der Waals surface area contributed by atoms with Crippen molar-refractivity contribution in [1.29, 1.82) is 0 Å². The number of anilines is 1. The second-order valence-electron chi connectivity index (χ2n) is 9.05. The van der Waals surface area contributed by atoms with Crippen LogP contribution >= 0.6 is 0 Å². The number of nitrogens with one attached hydrogen (secondary N) is 1. The second kappa shape index (κ2) is 9.93. The smallest absolute Gasteiger partial charge is 0.406 e. The fourth-order valence-electron chi connectivity index (χ4n) is 4.71. The molecule has 3 atom stereocenters. The lowest BCUT2D eigenvalue weighted by molar-refractivity contribution is -0.274. The lowest BCUT2D eigenvalue weighted by atomic mass is 9.75. The highest BCUT2D eigenvalue weighted by molar-refractivity contribution is 6.04. The summed E-state index contributed by atoms with van der Waals surface area (Å²) in [7, 11) is 0. The third-order valence-electron chi connectivity index (χ3n) is 5.98. The number of amides is 2. The van der Waals surface area contributed by atoms with Gasteiger partial charge < -0.3 is 15.0 Å². The van der Waals surface area contributed by atoms with Crippen molar-refractivity contribution in [3.8, 4) is 5.75 Å². The molecule has 35 heavy (non-hydrogen) atoms. The molecule has 2 aromatic rings. The molecular weight excluding hydrogens is 459 g/mol. The van der Waals surface area contributed by atoms with Crippen LogP contribution in [0, 0.1) is 11.8 Å². The van der Waals surface area contributed by atoms with E-state index in [1.54, 1.807) is 41.6 Å². The number of halogens is 3. The first kappa shape index (κ1) is 24.5. The Bertz CT molecular complexity index is 1160. The molecule has 2 aliphatic heterocycles. The van der Waals surface area contributed by atoms with E-state index in [-0.39, 0.29) is 23.4 Å². The van der Waals surface area contributed by atoms with Gasteiger partial charge in [-0.05, 0) is 36.1 Å². The quantitative estimate of drug-likeness (QED) is 0.596. The molecule has 2 amide bonds.